The fourth-order valence-corrected chi connectivity index (χ4v) is 3.33. The van der Waals surface area contributed by atoms with Gasteiger partial charge >= 0.3 is 0 Å². The van der Waals surface area contributed by atoms with Gasteiger partial charge < -0.3 is 5.32 Å². The molecule has 0 saturated carbocycles. The fraction of sp³-hybridized carbons (Fsp3) is 0.250. The van der Waals surface area contributed by atoms with Gasteiger partial charge in [0.05, 0.1) is 5.69 Å². The van der Waals surface area contributed by atoms with Gasteiger partial charge in [-0.2, -0.15) is 5.10 Å². The smallest absolute Gasteiger partial charge is 0.160 e. The standard InChI is InChI=1S/C20H19ClN4/c21-15-5-7-16(8-6-15)23-20-18-4-2-1-3-17(18)19(24-25-20)13-14-9-11-22-12-10-14/h1-5,7,9,11-12,14H,6,8,10,13H2,(H,23,25). The van der Waals surface area contributed by atoms with Gasteiger partial charge in [-0.3, -0.25) is 4.99 Å². The van der Waals surface area contributed by atoms with Gasteiger partial charge in [0.15, 0.2) is 5.82 Å². The first-order valence-corrected chi connectivity index (χ1v) is 8.92. The molecular weight excluding hydrogens is 332 g/mol. The Morgan fingerprint density at radius 2 is 1.96 bits per heavy atom. The molecule has 2 aliphatic rings. The molecule has 2 aromatic rings. The van der Waals surface area contributed by atoms with E-state index in [4.69, 9.17) is 11.6 Å². The van der Waals surface area contributed by atoms with Gasteiger partial charge in [0, 0.05) is 33.9 Å². The van der Waals surface area contributed by atoms with Crippen molar-refractivity contribution in [1.29, 1.82) is 0 Å². The molecule has 4 nitrogen and oxygen atoms in total. The summed E-state index contributed by atoms with van der Waals surface area (Å²) < 4.78 is 0. The summed E-state index contributed by atoms with van der Waals surface area (Å²) in [6, 6.07) is 8.31. The molecule has 126 valence electrons. The van der Waals surface area contributed by atoms with Crippen molar-refractivity contribution in [1.82, 2.24) is 10.2 Å². The van der Waals surface area contributed by atoms with Crippen LogP contribution in [0.15, 0.2) is 64.4 Å². The number of nitrogens with one attached hydrogen (secondary N) is 1. The number of aliphatic imine (C=N–C) groups is 1. The van der Waals surface area contributed by atoms with E-state index in [1.54, 1.807) is 0 Å². The lowest BCUT2D eigenvalue weighted by Crippen LogP contribution is -2.10. The quantitative estimate of drug-likeness (QED) is 0.845. The molecule has 4 rings (SSSR count). The van der Waals surface area contributed by atoms with E-state index >= 15 is 0 Å². The van der Waals surface area contributed by atoms with E-state index in [0.717, 1.165) is 58.7 Å². The highest BCUT2D eigenvalue weighted by Crippen LogP contribution is 2.28. The molecule has 25 heavy (non-hydrogen) atoms. The zero-order valence-corrected chi connectivity index (χ0v) is 14.6. The van der Waals surface area contributed by atoms with Gasteiger partial charge in [0.25, 0.3) is 0 Å². The number of nitrogens with zero attached hydrogens (tertiary/aromatic N) is 3. The average Bonchev–Trinajstić information content (AvgIpc) is 2.66. The second kappa shape index (κ2) is 7.19. The Morgan fingerprint density at radius 1 is 1.08 bits per heavy atom. The largest absolute Gasteiger partial charge is 0.342 e. The highest BCUT2D eigenvalue weighted by molar-refractivity contribution is 6.29. The summed E-state index contributed by atoms with van der Waals surface area (Å²) in [6.45, 7) is 0. The van der Waals surface area contributed by atoms with E-state index in [1.165, 1.54) is 0 Å². The first kappa shape index (κ1) is 16.0. The third-order valence-corrected chi connectivity index (χ3v) is 4.87. The molecule has 1 aromatic heterocycles. The summed E-state index contributed by atoms with van der Waals surface area (Å²) in [5.41, 5.74) is 2.15. The highest BCUT2D eigenvalue weighted by atomic mass is 35.5. The predicted molar refractivity (Wildman–Crippen MR) is 104 cm³/mol. The monoisotopic (exact) mass is 350 g/mol. The summed E-state index contributed by atoms with van der Waals surface area (Å²) >= 11 is 6.04. The van der Waals surface area contributed by atoms with Crippen LogP contribution >= 0.6 is 11.6 Å². The first-order chi connectivity index (χ1) is 12.3. The van der Waals surface area contributed by atoms with Crippen LogP contribution in [-0.2, 0) is 6.42 Å². The normalized spacial score (nSPS) is 19.6. The van der Waals surface area contributed by atoms with Gasteiger partial charge in [-0.25, -0.2) is 0 Å². The number of benzene rings is 1. The van der Waals surface area contributed by atoms with Crippen LogP contribution in [0.1, 0.15) is 25.0 Å². The van der Waals surface area contributed by atoms with Crippen LogP contribution in [0.2, 0.25) is 0 Å². The minimum absolute atomic E-state index is 0.433. The second-order valence-corrected chi connectivity index (χ2v) is 6.83. The van der Waals surface area contributed by atoms with Crippen molar-refractivity contribution < 1.29 is 0 Å². The molecule has 0 saturated heterocycles. The number of aromatic nitrogens is 2. The maximum absolute atomic E-state index is 6.04. The molecule has 1 aromatic carbocycles. The Labute approximate surface area is 152 Å². The van der Waals surface area contributed by atoms with Gasteiger partial charge in [-0.05, 0) is 43.8 Å². The summed E-state index contributed by atoms with van der Waals surface area (Å²) in [4.78, 5) is 4.14. The summed E-state index contributed by atoms with van der Waals surface area (Å²) in [5, 5.41) is 15.6. The molecule has 2 heterocycles. The minimum Gasteiger partial charge on any atom is -0.342 e. The number of halogens is 1. The SMILES string of the molecule is ClC1=CC=C(Nc2nnc(CC3C=CN=CC3)c3ccccc23)CC1. The molecule has 0 radical (unpaired) electrons. The molecule has 1 aliphatic heterocycles. The van der Waals surface area contributed by atoms with Crippen molar-refractivity contribution >= 4 is 34.4 Å². The Balaban J connectivity index is 1.65. The van der Waals surface area contributed by atoms with Gasteiger partial charge in [0.2, 0.25) is 0 Å². The van der Waals surface area contributed by atoms with E-state index in [9.17, 15) is 0 Å². The molecule has 1 atom stereocenters. The van der Waals surface area contributed by atoms with Crippen LogP contribution in [0.3, 0.4) is 0 Å². The maximum atomic E-state index is 6.04. The van der Waals surface area contributed by atoms with E-state index in [1.807, 2.05) is 30.6 Å². The van der Waals surface area contributed by atoms with Crippen LogP contribution in [-0.4, -0.2) is 16.4 Å². The summed E-state index contributed by atoms with van der Waals surface area (Å²) in [7, 11) is 0. The fourth-order valence-electron chi connectivity index (χ4n) is 3.18. The summed E-state index contributed by atoms with van der Waals surface area (Å²) in [6.07, 6.45) is 13.5. The third kappa shape index (κ3) is 3.64. The molecule has 0 spiro atoms. The highest BCUT2D eigenvalue weighted by Gasteiger charge is 2.15. The number of anilines is 1. The zero-order valence-electron chi connectivity index (χ0n) is 13.8. The lowest BCUT2D eigenvalue weighted by molar-refractivity contribution is 0.658. The van der Waals surface area contributed by atoms with Gasteiger partial charge in [0.1, 0.15) is 0 Å². The molecule has 0 amide bonds. The van der Waals surface area contributed by atoms with Gasteiger partial charge in [-0.15, -0.1) is 5.10 Å². The van der Waals surface area contributed by atoms with Crippen LogP contribution in [0, 0.1) is 5.92 Å². The topological polar surface area (TPSA) is 50.2 Å². The number of rotatable bonds is 4. The van der Waals surface area contributed by atoms with Gasteiger partial charge in [-0.1, -0.05) is 41.9 Å². The van der Waals surface area contributed by atoms with E-state index < -0.39 is 0 Å². The van der Waals surface area contributed by atoms with E-state index in [0.29, 0.717) is 5.92 Å². The minimum atomic E-state index is 0.433. The van der Waals surface area contributed by atoms with Crippen molar-refractivity contribution in [2.75, 3.05) is 5.32 Å². The summed E-state index contributed by atoms with van der Waals surface area (Å²) in [5.74, 6) is 1.24. The Hall–Kier alpha value is -2.46. The van der Waals surface area contributed by atoms with Crippen LogP contribution in [0.4, 0.5) is 5.82 Å². The Bertz CT molecular complexity index is 911. The third-order valence-electron chi connectivity index (χ3n) is 4.55. The van der Waals surface area contributed by atoms with Crippen molar-refractivity contribution in [2.45, 2.75) is 25.7 Å². The molecule has 1 N–H and O–H groups in total. The van der Waals surface area contributed by atoms with Crippen molar-refractivity contribution in [3.63, 3.8) is 0 Å². The van der Waals surface area contributed by atoms with E-state index in [2.05, 4.69) is 44.8 Å². The molecule has 1 aliphatic carbocycles. The number of allylic oxidation sites excluding steroid dienone is 5. The Kier molecular flexibility index (Phi) is 4.61. The van der Waals surface area contributed by atoms with Crippen LogP contribution < -0.4 is 5.32 Å². The van der Waals surface area contributed by atoms with Crippen molar-refractivity contribution in [3.8, 4) is 0 Å². The van der Waals surface area contributed by atoms with Crippen molar-refractivity contribution in [2.24, 2.45) is 10.9 Å². The van der Waals surface area contributed by atoms with E-state index in [-0.39, 0.29) is 0 Å². The molecule has 1 unspecified atom stereocenters. The van der Waals surface area contributed by atoms with Crippen LogP contribution in [0.25, 0.3) is 10.8 Å². The molecule has 0 fully saturated rings. The first-order valence-electron chi connectivity index (χ1n) is 8.54. The lowest BCUT2D eigenvalue weighted by atomic mass is 9.96. The zero-order chi connectivity index (χ0) is 17.1. The van der Waals surface area contributed by atoms with Crippen LogP contribution in [0.5, 0.6) is 0 Å². The van der Waals surface area contributed by atoms with Crippen molar-refractivity contribution in [3.05, 3.63) is 65.1 Å². The predicted octanol–water partition coefficient (Wildman–Crippen LogP) is 4.99. The maximum Gasteiger partial charge on any atom is 0.160 e. The molecule has 5 heteroatoms. The molecule has 0 bridgehead atoms. The lowest BCUT2D eigenvalue weighted by Gasteiger charge is -2.16. The Morgan fingerprint density at radius 3 is 2.72 bits per heavy atom. The molecular formula is C20H19ClN4. The number of hydrogen-bond donors (Lipinski definition) is 1. The average molecular weight is 351 g/mol. The number of hydrogen-bond acceptors (Lipinski definition) is 4. The number of fused-ring (bicyclic) bond motifs is 1. The second-order valence-electron chi connectivity index (χ2n) is 6.34.